The first-order valence-electron chi connectivity index (χ1n) is 6.19. The summed E-state index contributed by atoms with van der Waals surface area (Å²) in [6.45, 7) is 4.10. The number of hydrogen-bond donors (Lipinski definition) is 3. The van der Waals surface area contributed by atoms with Crippen LogP contribution in [-0.4, -0.2) is 31.1 Å². The van der Waals surface area contributed by atoms with Gasteiger partial charge < -0.3 is 16.0 Å². The Balaban J connectivity index is 1.85. The topological polar surface area (TPSA) is 53.2 Å². The maximum atomic E-state index is 13.0. The number of anilines is 1. The first-order chi connectivity index (χ1) is 8.98. The molecule has 1 aliphatic heterocycles. The number of hydrogen-bond acceptors (Lipinski definition) is 3. The van der Waals surface area contributed by atoms with Crippen LogP contribution in [0.15, 0.2) is 18.2 Å². The van der Waals surface area contributed by atoms with Gasteiger partial charge in [-0.3, -0.25) is 4.79 Å². The molecule has 0 bridgehead atoms. The molecule has 0 spiro atoms. The normalized spacial score (nSPS) is 22.5. The number of benzene rings is 1. The zero-order valence-corrected chi connectivity index (χ0v) is 11.5. The fraction of sp³-hybridized carbons (Fsp3) is 0.462. The van der Waals surface area contributed by atoms with Crippen molar-refractivity contribution in [3.8, 4) is 0 Å². The Kier molecular flexibility index (Phi) is 4.39. The Bertz CT molecular complexity index is 475. The van der Waals surface area contributed by atoms with Crippen LogP contribution < -0.4 is 16.0 Å². The standard InChI is InChI=1S/C13H17ClFN3O/c1-13(4-5-16-8-13)17-7-12(19)18-9-2-3-11(15)10(14)6-9/h2-3,6,16-17H,4-5,7-8H2,1H3,(H,18,19). The van der Waals surface area contributed by atoms with E-state index in [1.165, 1.54) is 18.2 Å². The average Bonchev–Trinajstić information content (AvgIpc) is 2.79. The number of amides is 1. The zero-order chi connectivity index (χ0) is 13.9. The number of halogens is 2. The molecule has 0 aromatic heterocycles. The molecule has 1 fully saturated rings. The molecule has 104 valence electrons. The van der Waals surface area contributed by atoms with Crippen LogP contribution >= 0.6 is 11.6 Å². The molecule has 1 aromatic rings. The maximum Gasteiger partial charge on any atom is 0.238 e. The highest BCUT2D eigenvalue weighted by atomic mass is 35.5. The Labute approximate surface area is 116 Å². The SMILES string of the molecule is CC1(NCC(=O)Nc2ccc(F)c(Cl)c2)CCNC1. The molecular formula is C13H17ClFN3O. The Morgan fingerprint density at radius 1 is 1.58 bits per heavy atom. The largest absolute Gasteiger partial charge is 0.325 e. The van der Waals surface area contributed by atoms with Crippen molar-refractivity contribution in [3.05, 3.63) is 29.0 Å². The molecule has 1 aliphatic rings. The molecule has 1 saturated heterocycles. The van der Waals surface area contributed by atoms with Gasteiger partial charge in [-0.25, -0.2) is 4.39 Å². The predicted octanol–water partition coefficient (Wildman–Crippen LogP) is 1.76. The van der Waals surface area contributed by atoms with Crippen LogP contribution in [0.1, 0.15) is 13.3 Å². The van der Waals surface area contributed by atoms with Gasteiger partial charge in [-0.05, 0) is 38.1 Å². The summed E-state index contributed by atoms with van der Waals surface area (Å²) >= 11 is 5.65. The highest BCUT2D eigenvalue weighted by molar-refractivity contribution is 6.31. The molecule has 1 aromatic carbocycles. The van der Waals surface area contributed by atoms with E-state index in [4.69, 9.17) is 11.6 Å². The molecule has 1 heterocycles. The van der Waals surface area contributed by atoms with Crippen LogP contribution in [0, 0.1) is 5.82 Å². The summed E-state index contributed by atoms with van der Waals surface area (Å²) in [5.74, 6) is -0.668. The summed E-state index contributed by atoms with van der Waals surface area (Å²) in [7, 11) is 0. The third-order valence-corrected chi connectivity index (χ3v) is 3.54. The van der Waals surface area contributed by atoms with E-state index in [1.54, 1.807) is 0 Å². The molecule has 1 atom stereocenters. The van der Waals surface area contributed by atoms with Crippen LogP contribution in [0.5, 0.6) is 0 Å². The van der Waals surface area contributed by atoms with Gasteiger partial charge in [0.2, 0.25) is 5.91 Å². The minimum atomic E-state index is -0.498. The number of carbonyl (C=O) groups is 1. The molecule has 0 aliphatic carbocycles. The maximum absolute atomic E-state index is 13.0. The summed E-state index contributed by atoms with van der Waals surface area (Å²) in [6, 6.07) is 4.11. The molecule has 6 heteroatoms. The molecule has 19 heavy (non-hydrogen) atoms. The second-order valence-corrected chi connectivity index (χ2v) is 5.43. The van der Waals surface area contributed by atoms with Gasteiger partial charge in [0.25, 0.3) is 0 Å². The highest BCUT2D eigenvalue weighted by Crippen LogP contribution is 2.19. The molecule has 4 nitrogen and oxygen atoms in total. The third kappa shape index (κ3) is 3.89. The van der Waals surface area contributed by atoms with Gasteiger partial charge in [0, 0.05) is 17.8 Å². The van der Waals surface area contributed by atoms with Gasteiger partial charge in [-0.15, -0.1) is 0 Å². The van der Waals surface area contributed by atoms with Crippen molar-refractivity contribution in [2.45, 2.75) is 18.9 Å². The van der Waals surface area contributed by atoms with Crippen molar-refractivity contribution >= 4 is 23.2 Å². The van der Waals surface area contributed by atoms with Crippen LogP contribution in [0.2, 0.25) is 5.02 Å². The summed E-state index contributed by atoms with van der Waals surface area (Å²) in [5, 5.41) is 9.15. The van der Waals surface area contributed by atoms with E-state index in [0.717, 1.165) is 19.5 Å². The third-order valence-electron chi connectivity index (χ3n) is 3.25. The van der Waals surface area contributed by atoms with Crippen LogP contribution in [0.4, 0.5) is 10.1 Å². The van der Waals surface area contributed by atoms with Gasteiger partial charge in [0.05, 0.1) is 11.6 Å². The summed E-state index contributed by atoms with van der Waals surface area (Å²) in [4.78, 5) is 11.8. The van der Waals surface area contributed by atoms with Crippen LogP contribution in [0.3, 0.4) is 0 Å². The van der Waals surface area contributed by atoms with E-state index < -0.39 is 5.82 Å². The van der Waals surface area contributed by atoms with Crippen molar-refractivity contribution in [1.29, 1.82) is 0 Å². The lowest BCUT2D eigenvalue weighted by atomic mass is 10.0. The van der Waals surface area contributed by atoms with E-state index >= 15 is 0 Å². The Morgan fingerprint density at radius 3 is 3.00 bits per heavy atom. The van der Waals surface area contributed by atoms with E-state index in [-0.39, 0.29) is 23.0 Å². The molecule has 0 saturated carbocycles. The number of rotatable bonds is 4. The Hall–Kier alpha value is -1.17. The minimum Gasteiger partial charge on any atom is -0.325 e. The second kappa shape index (κ2) is 5.86. The Morgan fingerprint density at radius 2 is 2.37 bits per heavy atom. The van der Waals surface area contributed by atoms with E-state index in [0.29, 0.717) is 5.69 Å². The van der Waals surface area contributed by atoms with Gasteiger partial charge in [0.1, 0.15) is 5.82 Å². The zero-order valence-electron chi connectivity index (χ0n) is 10.7. The molecule has 1 unspecified atom stereocenters. The molecule has 1 amide bonds. The molecular weight excluding hydrogens is 269 g/mol. The molecule has 0 radical (unpaired) electrons. The lowest BCUT2D eigenvalue weighted by molar-refractivity contribution is -0.115. The van der Waals surface area contributed by atoms with Crippen LogP contribution in [0.25, 0.3) is 0 Å². The molecule has 2 rings (SSSR count). The first kappa shape index (κ1) is 14.2. The van der Waals surface area contributed by atoms with Crippen molar-refractivity contribution < 1.29 is 9.18 Å². The molecule has 3 N–H and O–H groups in total. The van der Waals surface area contributed by atoms with Crippen molar-refractivity contribution in [2.75, 3.05) is 25.0 Å². The monoisotopic (exact) mass is 285 g/mol. The van der Waals surface area contributed by atoms with E-state index in [1.807, 2.05) is 0 Å². The first-order valence-corrected chi connectivity index (χ1v) is 6.57. The van der Waals surface area contributed by atoms with Crippen LogP contribution in [-0.2, 0) is 4.79 Å². The van der Waals surface area contributed by atoms with Gasteiger partial charge in [-0.2, -0.15) is 0 Å². The number of nitrogens with one attached hydrogen (secondary N) is 3. The van der Waals surface area contributed by atoms with Crippen molar-refractivity contribution in [1.82, 2.24) is 10.6 Å². The summed E-state index contributed by atoms with van der Waals surface area (Å²) in [6.07, 6.45) is 0.989. The predicted molar refractivity (Wildman–Crippen MR) is 73.9 cm³/mol. The fourth-order valence-electron chi connectivity index (χ4n) is 2.04. The van der Waals surface area contributed by atoms with E-state index in [9.17, 15) is 9.18 Å². The van der Waals surface area contributed by atoms with E-state index in [2.05, 4.69) is 22.9 Å². The van der Waals surface area contributed by atoms with Gasteiger partial charge in [-0.1, -0.05) is 11.6 Å². The average molecular weight is 286 g/mol. The highest BCUT2D eigenvalue weighted by Gasteiger charge is 2.28. The van der Waals surface area contributed by atoms with Gasteiger partial charge >= 0.3 is 0 Å². The summed E-state index contributed by atoms with van der Waals surface area (Å²) in [5.41, 5.74) is 0.450. The quantitative estimate of drug-likeness (QED) is 0.790. The smallest absolute Gasteiger partial charge is 0.238 e. The fourth-order valence-corrected chi connectivity index (χ4v) is 2.22. The van der Waals surface area contributed by atoms with Crippen molar-refractivity contribution in [3.63, 3.8) is 0 Å². The lowest BCUT2D eigenvalue weighted by Crippen LogP contribution is -2.47. The van der Waals surface area contributed by atoms with Crippen molar-refractivity contribution in [2.24, 2.45) is 0 Å². The second-order valence-electron chi connectivity index (χ2n) is 5.02. The minimum absolute atomic E-state index is 0.00212. The summed E-state index contributed by atoms with van der Waals surface area (Å²) < 4.78 is 13.0. The number of carbonyl (C=O) groups excluding carboxylic acids is 1. The lowest BCUT2D eigenvalue weighted by Gasteiger charge is -2.24. The van der Waals surface area contributed by atoms with Gasteiger partial charge in [0.15, 0.2) is 0 Å².